The molecule has 2 amide bonds. The van der Waals surface area contributed by atoms with Gasteiger partial charge in [0.2, 0.25) is 0 Å². The second kappa shape index (κ2) is 6.92. The predicted octanol–water partition coefficient (Wildman–Crippen LogP) is 1.87. The number of nitrogens with zero attached hydrogens (tertiary/aromatic N) is 3. The number of likely N-dealkylation sites (tertiary alicyclic amines) is 1. The Kier molecular flexibility index (Phi) is 4.69. The van der Waals surface area contributed by atoms with Gasteiger partial charge in [0.15, 0.2) is 23.0 Å². The highest BCUT2D eigenvalue weighted by atomic mass is 19.2. The summed E-state index contributed by atoms with van der Waals surface area (Å²) < 4.78 is 26.4. The number of amides is 2. The maximum atomic E-state index is 13.4. The van der Waals surface area contributed by atoms with Gasteiger partial charge in [0.1, 0.15) is 0 Å². The van der Waals surface area contributed by atoms with E-state index in [1.807, 2.05) is 0 Å². The highest BCUT2D eigenvalue weighted by Gasteiger charge is 2.28. The van der Waals surface area contributed by atoms with Gasteiger partial charge in [0.25, 0.3) is 11.8 Å². The van der Waals surface area contributed by atoms with Crippen molar-refractivity contribution in [2.24, 2.45) is 5.73 Å². The van der Waals surface area contributed by atoms with Gasteiger partial charge in [0.05, 0.1) is 0 Å². The van der Waals surface area contributed by atoms with Crippen LogP contribution in [0.5, 0.6) is 0 Å². The van der Waals surface area contributed by atoms with Gasteiger partial charge in [-0.15, -0.1) is 0 Å². The molecule has 2 aromatic rings. The van der Waals surface area contributed by atoms with Crippen LogP contribution < -0.4 is 5.73 Å². The zero-order chi connectivity index (χ0) is 18.0. The molecule has 1 aliphatic heterocycles. The Morgan fingerprint density at radius 1 is 1.04 bits per heavy atom. The van der Waals surface area contributed by atoms with Crippen LogP contribution in [0.15, 0.2) is 30.6 Å². The highest BCUT2D eigenvalue weighted by molar-refractivity contribution is 6.03. The van der Waals surface area contributed by atoms with Gasteiger partial charge in [-0.3, -0.25) is 9.59 Å². The van der Waals surface area contributed by atoms with Crippen LogP contribution in [-0.2, 0) is 0 Å². The first-order valence-electron chi connectivity index (χ1n) is 7.82. The van der Waals surface area contributed by atoms with E-state index in [4.69, 9.17) is 5.73 Å². The normalized spacial score (nSPS) is 15.2. The van der Waals surface area contributed by atoms with Crippen molar-refractivity contribution in [3.05, 3.63) is 59.2 Å². The number of nitrogens with two attached hydrogens (primary N) is 1. The number of rotatable bonds is 3. The third-order valence-electron chi connectivity index (χ3n) is 4.33. The zero-order valence-corrected chi connectivity index (χ0v) is 13.3. The van der Waals surface area contributed by atoms with Gasteiger partial charge >= 0.3 is 0 Å². The molecule has 2 heterocycles. The molecular formula is C17H16F2N4O2. The van der Waals surface area contributed by atoms with E-state index in [0.717, 1.165) is 6.07 Å². The molecule has 1 aromatic carbocycles. The Morgan fingerprint density at radius 2 is 1.68 bits per heavy atom. The monoisotopic (exact) mass is 346 g/mol. The fraction of sp³-hybridized carbons (Fsp3) is 0.294. The molecule has 0 aliphatic carbocycles. The molecule has 1 aromatic heterocycles. The summed E-state index contributed by atoms with van der Waals surface area (Å²) in [5, 5.41) is 0. The molecular weight excluding hydrogens is 330 g/mol. The Balaban J connectivity index is 1.71. The topological polar surface area (TPSA) is 89.2 Å². The molecule has 3 rings (SSSR count). The first-order chi connectivity index (χ1) is 12.0. The molecule has 6 nitrogen and oxygen atoms in total. The smallest absolute Gasteiger partial charge is 0.274 e. The van der Waals surface area contributed by atoms with Crippen LogP contribution >= 0.6 is 0 Å². The maximum Gasteiger partial charge on any atom is 0.274 e. The van der Waals surface area contributed by atoms with Crippen molar-refractivity contribution in [3.63, 3.8) is 0 Å². The van der Waals surface area contributed by atoms with Gasteiger partial charge < -0.3 is 10.6 Å². The number of primary amides is 1. The van der Waals surface area contributed by atoms with E-state index in [2.05, 4.69) is 9.97 Å². The molecule has 0 unspecified atom stereocenters. The van der Waals surface area contributed by atoms with Crippen LogP contribution in [0.25, 0.3) is 0 Å². The van der Waals surface area contributed by atoms with Gasteiger partial charge in [-0.1, -0.05) is 6.07 Å². The van der Waals surface area contributed by atoms with Crippen molar-refractivity contribution >= 4 is 11.8 Å². The fourth-order valence-electron chi connectivity index (χ4n) is 3.01. The highest BCUT2D eigenvalue weighted by Crippen LogP contribution is 2.29. The number of halogens is 2. The number of benzene rings is 1. The van der Waals surface area contributed by atoms with Crippen molar-refractivity contribution in [2.45, 2.75) is 18.8 Å². The van der Waals surface area contributed by atoms with Gasteiger partial charge in [-0.25, -0.2) is 18.7 Å². The lowest BCUT2D eigenvalue weighted by Gasteiger charge is -2.32. The largest absolute Gasteiger partial charge is 0.364 e. The molecule has 0 radical (unpaired) electrons. The average molecular weight is 346 g/mol. The molecule has 130 valence electrons. The van der Waals surface area contributed by atoms with Crippen molar-refractivity contribution in [1.82, 2.24) is 14.9 Å². The number of carbonyl (C=O) groups excluding carboxylic acids is 2. The minimum atomic E-state index is -0.877. The second-order valence-corrected chi connectivity index (χ2v) is 5.86. The standard InChI is InChI=1S/C17H16F2N4O2/c18-12-2-1-11(9-13(12)19)10-3-7-23(8-4-10)17(25)15-14(16(20)24)21-5-6-22-15/h1-2,5-6,9-10H,3-4,7-8H2,(H2,20,24). The van der Waals surface area contributed by atoms with E-state index in [-0.39, 0.29) is 17.3 Å². The van der Waals surface area contributed by atoms with Gasteiger partial charge in [-0.05, 0) is 36.5 Å². The predicted molar refractivity (Wildman–Crippen MR) is 84.8 cm³/mol. The van der Waals surface area contributed by atoms with Crippen LogP contribution in [0.4, 0.5) is 8.78 Å². The quantitative estimate of drug-likeness (QED) is 0.919. The molecule has 1 aliphatic rings. The first-order valence-corrected chi connectivity index (χ1v) is 7.82. The lowest BCUT2D eigenvalue weighted by atomic mass is 9.89. The third kappa shape index (κ3) is 3.47. The van der Waals surface area contributed by atoms with Crippen LogP contribution in [0, 0.1) is 11.6 Å². The SMILES string of the molecule is NC(=O)c1nccnc1C(=O)N1CCC(c2ccc(F)c(F)c2)CC1. The lowest BCUT2D eigenvalue weighted by Crippen LogP contribution is -2.39. The molecule has 25 heavy (non-hydrogen) atoms. The number of piperidine rings is 1. The fourth-order valence-corrected chi connectivity index (χ4v) is 3.01. The summed E-state index contributed by atoms with van der Waals surface area (Å²) in [5.74, 6) is -2.94. The van der Waals surface area contributed by atoms with Crippen LogP contribution in [0.2, 0.25) is 0 Å². The second-order valence-electron chi connectivity index (χ2n) is 5.86. The van der Waals surface area contributed by atoms with E-state index in [0.29, 0.717) is 31.5 Å². The lowest BCUT2D eigenvalue weighted by molar-refractivity contribution is 0.0701. The Bertz CT molecular complexity index is 820. The Labute approximate surface area is 142 Å². The number of hydrogen-bond acceptors (Lipinski definition) is 4. The zero-order valence-electron chi connectivity index (χ0n) is 13.3. The van der Waals surface area contributed by atoms with E-state index >= 15 is 0 Å². The molecule has 0 spiro atoms. The number of hydrogen-bond donors (Lipinski definition) is 1. The van der Waals surface area contributed by atoms with Gasteiger partial charge in [0, 0.05) is 25.5 Å². The van der Waals surface area contributed by atoms with Crippen molar-refractivity contribution in [2.75, 3.05) is 13.1 Å². The molecule has 0 bridgehead atoms. The van der Waals surface area contributed by atoms with Crippen molar-refractivity contribution in [3.8, 4) is 0 Å². The summed E-state index contributed by atoms with van der Waals surface area (Å²) >= 11 is 0. The molecule has 8 heteroatoms. The van der Waals surface area contributed by atoms with Gasteiger partial charge in [-0.2, -0.15) is 0 Å². The number of aromatic nitrogens is 2. The third-order valence-corrected chi connectivity index (χ3v) is 4.33. The maximum absolute atomic E-state index is 13.4. The van der Waals surface area contributed by atoms with E-state index in [1.54, 1.807) is 11.0 Å². The number of carbonyl (C=O) groups is 2. The van der Waals surface area contributed by atoms with Crippen molar-refractivity contribution in [1.29, 1.82) is 0 Å². The average Bonchev–Trinajstić information content (AvgIpc) is 2.63. The minimum Gasteiger partial charge on any atom is -0.364 e. The van der Waals surface area contributed by atoms with E-state index < -0.39 is 23.4 Å². The Morgan fingerprint density at radius 3 is 2.28 bits per heavy atom. The summed E-state index contributed by atoms with van der Waals surface area (Å²) in [6.07, 6.45) is 3.83. The summed E-state index contributed by atoms with van der Waals surface area (Å²) in [4.78, 5) is 33.3. The molecule has 1 fully saturated rings. The summed E-state index contributed by atoms with van der Waals surface area (Å²) in [6, 6.07) is 3.88. The molecule has 2 N–H and O–H groups in total. The van der Waals surface area contributed by atoms with E-state index in [9.17, 15) is 18.4 Å². The van der Waals surface area contributed by atoms with Crippen LogP contribution in [-0.4, -0.2) is 39.8 Å². The summed E-state index contributed by atoms with van der Waals surface area (Å²) in [7, 11) is 0. The molecule has 1 saturated heterocycles. The van der Waals surface area contributed by atoms with Crippen LogP contribution in [0.1, 0.15) is 45.3 Å². The summed E-state index contributed by atoms with van der Waals surface area (Å²) in [6.45, 7) is 0.828. The van der Waals surface area contributed by atoms with Crippen molar-refractivity contribution < 1.29 is 18.4 Å². The van der Waals surface area contributed by atoms with E-state index in [1.165, 1.54) is 18.5 Å². The summed E-state index contributed by atoms with van der Waals surface area (Å²) in [5.41, 5.74) is 5.71. The molecule has 0 saturated carbocycles. The minimum absolute atomic E-state index is 0.0385. The first kappa shape index (κ1) is 16.9. The molecule has 0 atom stereocenters. The Hall–Kier alpha value is -2.90. The van der Waals surface area contributed by atoms with Crippen LogP contribution in [0.3, 0.4) is 0 Å².